The van der Waals surface area contributed by atoms with E-state index in [2.05, 4.69) is 20.4 Å². The summed E-state index contributed by atoms with van der Waals surface area (Å²) in [5, 5.41) is 7.76. The predicted molar refractivity (Wildman–Crippen MR) is 144 cm³/mol. The SMILES string of the molecule is O=C(Nc1c[nH]c2ncc(-c3ccc(CN4CCC(F)(F)C4)cc3)cc12)Oc1cnn(Cc2ccccc2)c1. The van der Waals surface area contributed by atoms with E-state index in [1.807, 2.05) is 60.7 Å². The third-order valence-corrected chi connectivity index (χ3v) is 6.72. The number of carbonyl (C=O) groups excluding carboxylic acids is 1. The molecule has 0 aliphatic carbocycles. The van der Waals surface area contributed by atoms with E-state index in [1.165, 1.54) is 6.20 Å². The Balaban J connectivity index is 1.11. The maximum absolute atomic E-state index is 13.5. The highest BCUT2D eigenvalue weighted by Gasteiger charge is 2.37. The average Bonchev–Trinajstić information content (AvgIpc) is 3.63. The van der Waals surface area contributed by atoms with Crippen molar-refractivity contribution in [2.75, 3.05) is 18.4 Å². The number of ether oxygens (including phenoxy) is 1. The molecule has 2 aromatic carbocycles. The van der Waals surface area contributed by atoms with E-state index in [0.717, 1.165) is 27.6 Å². The largest absolute Gasteiger partial charge is 0.417 e. The number of amides is 1. The monoisotopic (exact) mass is 528 g/mol. The molecule has 1 amide bonds. The second-order valence-electron chi connectivity index (χ2n) is 9.71. The summed E-state index contributed by atoms with van der Waals surface area (Å²) in [6.45, 7) is 1.26. The molecule has 198 valence electrons. The van der Waals surface area contributed by atoms with Crippen LogP contribution in [0.3, 0.4) is 0 Å². The van der Waals surface area contributed by atoms with Gasteiger partial charge in [0.15, 0.2) is 5.75 Å². The zero-order chi connectivity index (χ0) is 26.8. The third kappa shape index (κ3) is 5.80. The van der Waals surface area contributed by atoms with Gasteiger partial charge in [-0.25, -0.2) is 18.6 Å². The molecule has 1 saturated heterocycles. The number of rotatable bonds is 7. The lowest BCUT2D eigenvalue weighted by molar-refractivity contribution is 0.0115. The van der Waals surface area contributed by atoms with Crippen LogP contribution in [0.1, 0.15) is 17.5 Å². The molecule has 1 aliphatic rings. The van der Waals surface area contributed by atoms with Crippen LogP contribution in [0, 0.1) is 0 Å². The van der Waals surface area contributed by atoms with Gasteiger partial charge in [0.2, 0.25) is 0 Å². The highest BCUT2D eigenvalue weighted by atomic mass is 19.3. The minimum absolute atomic E-state index is 0.0881. The van der Waals surface area contributed by atoms with Gasteiger partial charge in [-0.05, 0) is 22.8 Å². The van der Waals surface area contributed by atoms with Crippen LogP contribution in [0.2, 0.25) is 0 Å². The fourth-order valence-electron chi connectivity index (χ4n) is 4.76. The van der Waals surface area contributed by atoms with E-state index >= 15 is 0 Å². The van der Waals surface area contributed by atoms with Gasteiger partial charge in [-0.2, -0.15) is 5.10 Å². The number of carbonyl (C=O) groups is 1. The zero-order valence-electron chi connectivity index (χ0n) is 21.0. The van der Waals surface area contributed by atoms with Crippen molar-refractivity contribution in [3.8, 4) is 16.9 Å². The number of benzene rings is 2. The Labute approximate surface area is 223 Å². The van der Waals surface area contributed by atoms with Gasteiger partial charge in [-0.3, -0.25) is 14.9 Å². The number of likely N-dealkylation sites (tertiary alicyclic amines) is 1. The number of hydrogen-bond acceptors (Lipinski definition) is 5. The molecule has 1 aliphatic heterocycles. The fraction of sp³-hybridized carbons (Fsp3) is 0.207. The smallest absolute Gasteiger partial charge is 0.407 e. The first-order valence-electron chi connectivity index (χ1n) is 12.6. The van der Waals surface area contributed by atoms with E-state index in [-0.39, 0.29) is 13.0 Å². The van der Waals surface area contributed by atoms with Crippen molar-refractivity contribution in [2.45, 2.75) is 25.4 Å². The number of fused-ring (bicyclic) bond motifs is 1. The number of H-pyrrole nitrogens is 1. The van der Waals surface area contributed by atoms with Crippen molar-refractivity contribution in [3.05, 3.63) is 96.6 Å². The van der Waals surface area contributed by atoms with Crippen LogP contribution in [0.5, 0.6) is 5.75 Å². The molecule has 39 heavy (non-hydrogen) atoms. The van der Waals surface area contributed by atoms with Crippen molar-refractivity contribution >= 4 is 22.8 Å². The standard InChI is InChI=1S/C29H26F2N6O2/c30-29(31)10-11-36(19-29)16-21-6-8-22(9-7-21)23-12-25-26(15-33-27(25)32-13-23)35-28(38)39-24-14-34-37(18-24)17-20-4-2-1-3-5-20/h1-9,12-15,18H,10-11,16-17,19H2,(H,32,33)(H,35,38). The molecule has 4 heterocycles. The Morgan fingerprint density at radius 2 is 1.82 bits per heavy atom. The molecule has 1 fully saturated rings. The minimum Gasteiger partial charge on any atom is -0.407 e. The van der Waals surface area contributed by atoms with Crippen molar-refractivity contribution in [3.63, 3.8) is 0 Å². The van der Waals surface area contributed by atoms with Gasteiger partial charge >= 0.3 is 6.09 Å². The molecule has 0 atom stereocenters. The Bertz CT molecular complexity index is 1600. The molecular formula is C29H26F2N6O2. The van der Waals surface area contributed by atoms with Gasteiger partial charge in [0.25, 0.3) is 5.92 Å². The molecule has 5 aromatic rings. The number of nitrogens with zero attached hydrogens (tertiary/aromatic N) is 4. The van der Waals surface area contributed by atoms with Gasteiger partial charge < -0.3 is 9.72 Å². The predicted octanol–water partition coefficient (Wildman–Crippen LogP) is 5.93. The minimum atomic E-state index is -2.60. The lowest BCUT2D eigenvalue weighted by atomic mass is 10.0. The molecule has 3 aromatic heterocycles. The maximum atomic E-state index is 13.5. The molecule has 6 rings (SSSR count). The summed E-state index contributed by atoms with van der Waals surface area (Å²) in [6.07, 6.45) is 5.85. The van der Waals surface area contributed by atoms with Crippen LogP contribution in [0.25, 0.3) is 22.2 Å². The van der Waals surface area contributed by atoms with Crippen LogP contribution in [-0.4, -0.2) is 49.8 Å². The summed E-state index contributed by atoms with van der Waals surface area (Å²) in [4.78, 5) is 21.9. The third-order valence-electron chi connectivity index (χ3n) is 6.72. The van der Waals surface area contributed by atoms with E-state index < -0.39 is 12.0 Å². The summed E-state index contributed by atoms with van der Waals surface area (Å²) in [6, 6.07) is 19.6. The molecule has 10 heteroatoms. The van der Waals surface area contributed by atoms with Gasteiger partial charge in [-0.1, -0.05) is 54.6 Å². The second kappa shape index (κ2) is 10.3. The molecule has 0 spiro atoms. The quantitative estimate of drug-likeness (QED) is 0.274. The van der Waals surface area contributed by atoms with E-state index in [9.17, 15) is 13.6 Å². The number of alkyl halides is 2. The number of aromatic amines is 1. The summed E-state index contributed by atoms with van der Waals surface area (Å²) in [7, 11) is 0. The first kappa shape index (κ1) is 24.7. The second-order valence-corrected chi connectivity index (χ2v) is 9.71. The maximum Gasteiger partial charge on any atom is 0.417 e. The van der Waals surface area contributed by atoms with Crippen LogP contribution in [0.4, 0.5) is 19.3 Å². The lowest BCUT2D eigenvalue weighted by Crippen LogP contribution is -2.24. The molecule has 8 nitrogen and oxygen atoms in total. The highest BCUT2D eigenvalue weighted by molar-refractivity contribution is 6.00. The number of aromatic nitrogens is 4. The van der Waals surface area contributed by atoms with Gasteiger partial charge in [0.05, 0.1) is 31.2 Å². The van der Waals surface area contributed by atoms with Crippen LogP contribution >= 0.6 is 0 Å². The number of anilines is 1. The Morgan fingerprint density at radius 3 is 2.59 bits per heavy atom. The summed E-state index contributed by atoms with van der Waals surface area (Å²) in [5.41, 5.74) is 5.01. The number of nitrogens with one attached hydrogen (secondary N) is 2. The Hall–Kier alpha value is -4.57. The Morgan fingerprint density at radius 1 is 1.03 bits per heavy atom. The van der Waals surface area contributed by atoms with E-state index in [4.69, 9.17) is 4.74 Å². The van der Waals surface area contributed by atoms with Crippen molar-refractivity contribution in [2.24, 2.45) is 0 Å². The number of halogens is 2. The summed E-state index contributed by atoms with van der Waals surface area (Å²) >= 11 is 0. The summed E-state index contributed by atoms with van der Waals surface area (Å²) < 4.78 is 34.1. The molecule has 0 saturated carbocycles. The van der Waals surface area contributed by atoms with Crippen LogP contribution in [0.15, 0.2) is 85.5 Å². The van der Waals surface area contributed by atoms with Gasteiger partial charge in [-0.15, -0.1) is 0 Å². The van der Waals surface area contributed by atoms with Crippen LogP contribution in [-0.2, 0) is 13.1 Å². The van der Waals surface area contributed by atoms with Crippen LogP contribution < -0.4 is 10.1 Å². The molecular weight excluding hydrogens is 502 g/mol. The van der Waals surface area contributed by atoms with Crippen molar-refractivity contribution in [1.29, 1.82) is 0 Å². The normalized spacial score (nSPS) is 15.0. The average molecular weight is 529 g/mol. The van der Waals surface area contributed by atoms with Gasteiger partial charge in [0, 0.05) is 42.9 Å². The fourth-order valence-corrected chi connectivity index (χ4v) is 4.76. The number of hydrogen-bond donors (Lipinski definition) is 2. The van der Waals surface area contributed by atoms with Crippen molar-refractivity contribution < 1.29 is 18.3 Å². The molecule has 2 N–H and O–H groups in total. The van der Waals surface area contributed by atoms with E-state index in [1.54, 1.807) is 28.2 Å². The first-order valence-corrected chi connectivity index (χ1v) is 12.6. The van der Waals surface area contributed by atoms with E-state index in [0.29, 0.717) is 36.7 Å². The zero-order valence-corrected chi connectivity index (χ0v) is 21.0. The summed E-state index contributed by atoms with van der Waals surface area (Å²) in [5.74, 6) is -2.26. The molecule has 0 radical (unpaired) electrons. The molecule has 0 bridgehead atoms. The van der Waals surface area contributed by atoms with Crippen molar-refractivity contribution in [1.82, 2.24) is 24.6 Å². The topological polar surface area (TPSA) is 88.1 Å². The lowest BCUT2D eigenvalue weighted by Gasteiger charge is -2.15. The molecule has 0 unspecified atom stereocenters. The Kier molecular flexibility index (Phi) is 6.54. The first-order chi connectivity index (χ1) is 18.9. The number of pyridine rings is 1. The highest BCUT2D eigenvalue weighted by Crippen LogP contribution is 2.30. The van der Waals surface area contributed by atoms with Gasteiger partial charge in [0.1, 0.15) is 5.65 Å².